The minimum Gasteiger partial charge on any atom is -0.378 e. The van der Waals surface area contributed by atoms with Crippen LogP contribution in [0.3, 0.4) is 0 Å². The molecule has 0 saturated carbocycles. The van der Waals surface area contributed by atoms with Gasteiger partial charge in [0.25, 0.3) is 0 Å². The van der Waals surface area contributed by atoms with E-state index in [-0.39, 0.29) is 11.9 Å². The van der Waals surface area contributed by atoms with Crippen molar-refractivity contribution in [2.75, 3.05) is 5.32 Å². The van der Waals surface area contributed by atoms with Crippen molar-refractivity contribution >= 4 is 16.5 Å². The zero-order chi connectivity index (χ0) is 14.8. The Morgan fingerprint density at radius 3 is 2.52 bits per heavy atom. The number of aryl methyl sites for hydroxylation is 1. The fraction of sp³-hybridized carbons (Fsp3) is 0.158. The first-order chi connectivity index (χ1) is 10.1. The molecular formula is C19H18FN. The molecule has 106 valence electrons. The SMILES string of the molecule is Cc1cc(NC(C)c2cccc3ccccc23)ccc1F. The molecular weight excluding hydrogens is 261 g/mol. The molecule has 3 rings (SSSR count). The summed E-state index contributed by atoms with van der Waals surface area (Å²) in [6.07, 6.45) is 0. The van der Waals surface area contributed by atoms with Gasteiger partial charge in [-0.3, -0.25) is 0 Å². The quantitative estimate of drug-likeness (QED) is 0.671. The average molecular weight is 279 g/mol. The Hall–Kier alpha value is -2.35. The van der Waals surface area contributed by atoms with E-state index in [0.717, 1.165) is 5.69 Å². The summed E-state index contributed by atoms with van der Waals surface area (Å²) in [6.45, 7) is 3.91. The smallest absolute Gasteiger partial charge is 0.126 e. The van der Waals surface area contributed by atoms with E-state index in [1.807, 2.05) is 12.1 Å². The number of rotatable bonds is 3. The first-order valence-corrected chi connectivity index (χ1v) is 7.15. The van der Waals surface area contributed by atoms with Crippen LogP contribution >= 0.6 is 0 Å². The van der Waals surface area contributed by atoms with Gasteiger partial charge in [-0.25, -0.2) is 4.39 Å². The van der Waals surface area contributed by atoms with Gasteiger partial charge in [0.15, 0.2) is 0 Å². The molecule has 0 spiro atoms. The van der Waals surface area contributed by atoms with Crippen LogP contribution in [0.4, 0.5) is 10.1 Å². The summed E-state index contributed by atoms with van der Waals surface area (Å²) in [5.41, 5.74) is 2.84. The molecule has 21 heavy (non-hydrogen) atoms. The molecule has 1 N–H and O–H groups in total. The molecule has 3 aromatic rings. The van der Waals surface area contributed by atoms with Gasteiger partial charge < -0.3 is 5.32 Å². The third kappa shape index (κ3) is 2.75. The lowest BCUT2D eigenvalue weighted by atomic mass is 9.99. The molecule has 2 heteroatoms. The van der Waals surface area contributed by atoms with Gasteiger partial charge in [0.1, 0.15) is 5.82 Å². The number of hydrogen-bond donors (Lipinski definition) is 1. The normalized spacial score (nSPS) is 12.3. The second-order valence-electron chi connectivity index (χ2n) is 5.40. The van der Waals surface area contributed by atoms with Crippen molar-refractivity contribution in [3.05, 3.63) is 77.6 Å². The first-order valence-electron chi connectivity index (χ1n) is 7.15. The molecule has 1 atom stereocenters. The molecule has 0 heterocycles. The van der Waals surface area contributed by atoms with Crippen molar-refractivity contribution in [3.8, 4) is 0 Å². The Labute approximate surface area is 124 Å². The van der Waals surface area contributed by atoms with Gasteiger partial charge in [0.05, 0.1) is 0 Å². The van der Waals surface area contributed by atoms with E-state index in [1.54, 1.807) is 13.0 Å². The minimum absolute atomic E-state index is 0.154. The van der Waals surface area contributed by atoms with Crippen LogP contribution in [-0.4, -0.2) is 0 Å². The maximum Gasteiger partial charge on any atom is 0.126 e. The van der Waals surface area contributed by atoms with E-state index < -0.39 is 0 Å². The molecule has 3 aromatic carbocycles. The number of anilines is 1. The summed E-state index contributed by atoms with van der Waals surface area (Å²) in [7, 11) is 0. The highest BCUT2D eigenvalue weighted by Crippen LogP contribution is 2.27. The standard InChI is InChI=1S/C19H18FN/c1-13-12-16(10-11-19(13)20)21-14(2)17-9-5-7-15-6-3-4-8-18(15)17/h3-12,14,21H,1-2H3. The third-order valence-electron chi connectivity index (χ3n) is 3.83. The molecule has 0 bridgehead atoms. The molecule has 1 nitrogen and oxygen atoms in total. The lowest BCUT2D eigenvalue weighted by molar-refractivity contribution is 0.618. The molecule has 0 aliphatic rings. The number of hydrogen-bond acceptors (Lipinski definition) is 1. The molecule has 0 aliphatic heterocycles. The van der Waals surface area contributed by atoms with Crippen LogP contribution in [0.2, 0.25) is 0 Å². The number of fused-ring (bicyclic) bond motifs is 1. The summed E-state index contributed by atoms with van der Waals surface area (Å²) in [6, 6.07) is 20.0. The van der Waals surface area contributed by atoms with Crippen LogP contribution in [0.15, 0.2) is 60.7 Å². The fourth-order valence-electron chi connectivity index (χ4n) is 2.69. The highest BCUT2D eigenvalue weighted by Gasteiger charge is 2.09. The van der Waals surface area contributed by atoms with Crippen LogP contribution in [-0.2, 0) is 0 Å². The monoisotopic (exact) mass is 279 g/mol. The fourth-order valence-corrected chi connectivity index (χ4v) is 2.69. The molecule has 0 radical (unpaired) electrons. The zero-order valence-corrected chi connectivity index (χ0v) is 12.2. The van der Waals surface area contributed by atoms with Gasteiger partial charge in [0.2, 0.25) is 0 Å². The maximum absolute atomic E-state index is 13.3. The number of benzene rings is 3. The van der Waals surface area contributed by atoms with Gasteiger partial charge in [-0.1, -0.05) is 42.5 Å². The van der Waals surface area contributed by atoms with Crippen molar-refractivity contribution in [1.82, 2.24) is 0 Å². The van der Waals surface area contributed by atoms with Crippen LogP contribution in [0, 0.1) is 12.7 Å². The van der Waals surface area contributed by atoms with Gasteiger partial charge in [-0.2, -0.15) is 0 Å². The van der Waals surface area contributed by atoms with Gasteiger partial charge >= 0.3 is 0 Å². The van der Waals surface area contributed by atoms with Crippen molar-refractivity contribution in [2.45, 2.75) is 19.9 Å². The predicted molar refractivity (Wildman–Crippen MR) is 87.1 cm³/mol. The molecule has 1 unspecified atom stereocenters. The van der Waals surface area contributed by atoms with Crippen LogP contribution in [0.1, 0.15) is 24.1 Å². The molecule has 0 aliphatic carbocycles. The van der Waals surface area contributed by atoms with E-state index in [1.165, 1.54) is 22.4 Å². The Balaban J connectivity index is 1.93. The summed E-state index contributed by atoms with van der Waals surface area (Å²) >= 11 is 0. The third-order valence-corrected chi connectivity index (χ3v) is 3.83. The topological polar surface area (TPSA) is 12.0 Å². The van der Waals surface area contributed by atoms with Crippen molar-refractivity contribution in [2.24, 2.45) is 0 Å². The number of halogens is 1. The van der Waals surface area contributed by atoms with Gasteiger partial charge in [0, 0.05) is 11.7 Å². The molecule has 0 amide bonds. The highest BCUT2D eigenvalue weighted by atomic mass is 19.1. The molecule has 0 aromatic heterocycles. The number of nitrogens with one attached hydrogen (secondary N) is 1. The van der Waals surface area contributed by atoms with Gasteiger partial charge in [-0.15, -0.1) is 0 Å². The largest absolute Gasteiger partial charge is 0.378 e. The summed E-state index contributed by atoms with van der Waals surface area (Å²) in [5, 5.41) is 5.94. The maximum atomic E-state index is 13.3. The Morgan fingerprint density at radius 2 is 1.71 bits per heavy atom. The second-order valence-corrected chi connectivity index (χ2v) is 5.40. The lowest BCUT2D eigenvalue weighted by Crippen LogP contribution is -2.07. The van der Waals surface area contributed by atoms with Gasteiger partial charge in [-0.05, 0) is 53.9 Å². The summed E-state index contributed by atoms with van der Waals surface area (Å²) < 4.78 is 13.3. The van der Waals surface area contributed by atoms with Crippen molar-refractivity contribution in [1.29, 1.82) is 0 Å². The Bertz CT molecular complexity index is 774. The Kier molecular flexibility index (Phi) is 3.61. The van der Waals surface area contributed by atoms with Crippen molar-refractivity contribution in [3.63, 3.8) is 0 Å². The first kappa shape index (κ1) is 13.6. The molecule has 0 saturated heterocycles. The predicted octanol–water partition coefficient (Wildman–Crippen LogP) is 5.46. The van der Waals surface area contributed by atoms with Crippen LogP contribution in [0.25, 0.3) is 10.8 Å². The second kappa shape index (κ2) is 5.57. The average Bonchev–Trinajstić information content (AvgIpc) is 2.50. The minimum atomic E-state index is -0.168. The van der Waals surface area contributed by atoms with Crippen LogP contribution in [0.5, 0.6) is 0 Å². The van der Waals surface area contributed by atoms with E-state index in [0.29, 0.717) is 5.56 Å². The lowest BCUT2D eigenvalue weighted by Gasteiger charge is -2.18. The Morgan fingerprint density at radius 1 is 0.952 bits per heavy atom. The van der Waals surface area contributed by atoms with E-state index in [4.69, 9.17) is 0 Å². The van der Waals surface area contributed by atoms with Crippen LogP contribution < -0.4 is 5.32 Å². The summed E-state index contributed by atoms with van der Waals surface area (Å²) in [5.74, 6) is -0.168. The van der Waals surface area contributed by atoms with E-state index in [2.05, 4.69) is 48.6 Å². The van der Waals surface area contributed by atoms with Crippen molar-refractivity contribution < 1.29 is 4.39 Å². The molecule has 0 fully saturated rings. The van der Waals surface area contributed by atoms with E-state index >= 15 is 0 Å². The van der Waals surface area contributed by atoms with E-state index in [9.17, 15) is 4.39 Å². The highest BCUT2D eigenvalue weighted by molar-refractivity contribution is 5.86. The summed E-state index contributed by atoms with van der Waals surface area (Å²) in [4.78, 5) is 0. The zero-order valence-electron chi connectivity index (χ0n) is 12.2.